The number of benzene rings is 1. The number of piperidine rings is 1. The summed E-state index contributed by atoms with van der Waals surface area (Å²) < 4.78 is 0. The minimum atomic E-state index is 0.265. The molecule has 0 spiro atoms. The molecule has 1 aliphatic heterocycles. The zero-order valence-corrected chi connectivity index (χ0v) is 12.5. The van der Waals surface area contributed by atoms with Gasteiger partial charge in [-0.05, 0) is 44.0 Å². The van der Waals surface area contributed by atoms with Crippen molar-refractivity contribution in [1.29, 1.82) is 0 Å². The third-order valence-electron chi connectivity index (χ3n) is 4.11. The summed E-state index contributed by atoms with van der Waals surface area (Å²) in [5.74, 6) is 0. The van der Waals surface area contributed by atoms with Gasteiger partial charge < -0.3 is 10.6 Å². The molecule has 2 N–H and O–H groups in total. The van der Waals surface area contributed by atoms with Gasteiger partial charge in [0.25, 0.3) is 0 Å². The highest BCUT2D eigenvalue weighted by Crippen LogP contribution is 2.22. The zero-order chi connectivity index (χ0) is 13.8. The molecule has 1 aromatic rings. The molecule has 0 radical (unpaired) electrons. The first-order chi connectivity index (χ1) is 9.08. The summed E-state index contributed by atoms with van der Waals surface area (Å²) in [5.41, 5.74) is 8.77. The fraction of sp³-hybridized carbons (Fsp3) is 0.625. The number of nitrogens with zero attached hydrogens (tertiary/aromatic N) is 2. The van der Waals surface area contributed by atoms with Gasteiger partial charge >= 0.3 is 0 Å². The molecule has 2 atom stereocenters. The molecule has 3 heteroatoms. The van der Waals surface area contributed by atoms with Crippen LogP contribution in [-0.2, 0) is 6.54 Å². The van der Waals surface area contributed by atoms with Gasteiger partial charge in [-0.2, -0.15) is 0 Å². The van der Waals surface area contributed by atoms with Gasteiger partial charge in [-0.15, -0.1) is 0 Å². The molecular formula is C16H27N3. The Balaban J connectivity index is 2.02. The number of nitrogens with two attached hydrogens (primary N) is 1. The van der Waals surface area contributed by atoms with Crippen molar-refractivity contribution < 1.29 is 0 Å². The Labute approximate surface area is 117 Å². The van der Waals surface area contributed by atoms with Crippen molar-refractivity contribution in [2.24, 2.45) is 5.73 Å². The van der Waals surface area contributed by atoms with Crippen LogP contribution < -0.4 is 10.6 Å². The van der Waals surface area contributed by atoms with Crippen LogP contribution in [0.3, 0.4) is 0 Å². The Kier molecular flexibility index (Phi) is 4.83. The lowest BCUT2D eigenvalue weighted by atomic mass is 9.96. The summed E-state index contributed by atoms with van der Waals surface area (Å²) >= 11 is 0. The van der Waals surface area contributed by atoms with E-state index in [0.29, 0.717) is 6.04 Å². The second-order valence-electron chi connectivity index (χ2n) is 5.95. The number of likely N-dealkylation sites (tertiary alicyclic amines) is 1. The predicted octanol–water partition coefficient (Wildman–Crippen LogP) is 2.45. The summed E-state index contributed by atoms with van der Waals surface area (Å²) in [6.45, 7) is 4.35. The molecule has 1 aromatic carbocycles. The fourth-order valence-corrected chi connectivity index (χ4v) is 2.94. The third kappa shape index (κ3) is 3.71. The van der Waals surface area contributed by atoms with Crippen molar-refractivity contribution in [2.75, 3.05) is 25.5 Å². The Hall–Kier alpha value is -1.06. The summed E-state index contributed by atoms with van der Waals surface area (Å²) in [4.78, 5) is 4.69. The van der Waals surface area contributed by atoms with Gasteiger partial charge in [0.05, 0.1) is 0 Å². The van der Waals surface area contributed by atoms with E-state index in [4.69, 9.17) is 5.73 Å². The van der Waals surface area contributed by atoms with E-state index in [-0.39, 0.29) is 6.04 Å². The maximum atomic E-state index is 6.13. The average Bonchev–Trinajstić information content (AvgIpc) is 2.39. The van der Waals surface area contributed by atoms with Gasteiger partial charge in [-0.25, -0.2) is 0 Å². The summed E-state index contributed by atoms with van der Waals surface area (Å²) in [5, 5.41) is 0. The van der Waals surface area contributed by atoms with E-state index in [1.807, 2.05) is 0 Å². The predicted molar refractivity (Wildman–Crippen MR) is 82.5 cm³/mol. The molecule has 106 valence electrons. The molecule has 0 bridgehead atoms. The molecule has 0 saturated carbocycles. The SMILES string of the molecule is CC(N)C1CCCCN1Cc1ccc(N(C)C)cc1. The monoisotopic (exact) mass is 261 g/mol. The Bertz CT molecular complexity index is 383. The molecule has 0 aliphatic carbocycles. The van der Waals surface area contributed by atoms with Crippen LogP contribution in [0.1, 0.15) is 31.7 Å². The number of anilines is 1. The highest BCUT2D eigenvalue weighted by molar-refractivity contribution is 5.45. The van der Waals surface area contributed by atoms with E-state index in [2.05, 4.69) is 55.1 Å². The largest absolute Gasteiger partial charge is 0.378 e. The van der Waals surface area contributed by atoms with Gasteiger partial charge in [0.2, 0.25) is 0 Å². The van der Waals surface area contributed by atoms with Crippen molar-refractivity contribution in [1.82, 2.24) is 4.90 Å². The maximum Gasteiger partial charge on any atom is 0.0361 e. The molecule has 1 aliphatic rings. The van der Waals surface area contributed by atoms with E-state index in [9.17, 15) is 0 Å². The number of hydrogen-bond acceptors (Lipinski definition) is 3. The lowest BCUT2D eigenvalue weighted by Crippen LogP contribution is -2.48. The van der Waals surface area contributed by atoms with Gasteiger partial charge in [-0.1, -0.05) is 18.6 Å². The van der Waals surface area contributed by atoms with Gasteiger partial charge in [0.1, 0.15) is 0 Å². The average molecular weight is 261 g/mol. The zero-order valence-electron chi connectivity index (χ0n) is 12.5. The van der Waals surface area contributed by atoms with Crippen molar-refractivity contribution in [3.8, 4) is 0 Å². The molecular weight excluding hydrogens is 234 g/mol. The molecule has 0 aromatic heterocycles. The van der Waals surface area contributed by atoms with E-state index in [1.54, 1.807) is 0 Å². The molecule has 1 saturated heterocycles. The summed E-state index contributed by atoms with van der Waals surface area (Å²) in [6.07, 6.45) is 3.87. The minimum Gasteiger partial charge on any atom is -0.378 e. The maximum absolute atomic E-state index is 6.13. The van der Waals surface area contributed by atoms with Crippen LogP contribution in [0.2, 0.25) is 0 Å². The van der Waals surface area contributed by atoms with E-state index in [0.717, 1.165) is 6.54 Å². The highest BCUT2D eigenvalue weighted by Gasteiger charge is 2.25. The van der Waals surface area contributed by atoms with Gasteiger partial charge in [-0.3, -0.25) is 4.90 Å². The van der Waals surface area contributed by atoms with Crippen LogP contribution in [-0.4, -0.2) is 37.6 Å². The first-order valence-electron chi connectivity index (χ1n) is 7.34. The van der Waals surface area contributed by atoms with Crippen molar-refractivity contribution in [3.63, 3.8) is 0 Å². The standard InChI is InChI=1S/C16H27N3/c1-13(17)16-6-4-5-11-19(16)12-14-7-9-15(10-8-14)18(2)3/h7-10,13,16H,4-6,11-12,17H2,1-3H3. The van der Waals surface area contributed by atoms with E-state index in [1.165, 1.54) is 37.1 Å². The quantitative estimate of drug-likeness (QED) is 0.903. The summed E-state index contributed by atoms with van der Waals surface area (Å²) in [6, 6.07) is 9.67. The molecule has 1 heterocycles. The minimum absolute atomic E-state index is 0.265. The Morgan fingerprint density at radius 2 is 1.95 bits per heavy atom. The molecule has 2 unspecified atom stereocenters. The lowest BCUT2D eigenvalue weighted by Gasteiger charge is -2.38. The second kappa shape index (κ2) is 6.40. The topological polar surface area (TPSA) is 32.5 Å². The molecule has 3 nitrogen and oxygen atoms in total. The lowest BCUT2D eigenvalue weighted by molar-refractivity contribution is 0.123. The molecule has 0 amide bonds. The number of rotatable bonds is 4. The first kappa shape index (κ1) is 14.4. The number of hydrogen-bond donors (Lipinski definition) is 1. The van der Waals surface area contributed by atoms with Gasteiger partial charge in [0, 0.05) is 38.4 Å². The molecule has 1 fully saturated rings. The smallest absolute Gasteiger partial charge is 0.0361 e. The van der Waals surface area contributed by atoms with Crippen molar-refractivity contribution in [3.05, 3.63) is 29.8 Å². The van der Waals surface area contributed by atoms with Crippen LogP contribution in [0.4, 0.5) is 5.69 Å². The van der Waals surface area contributed by atoms with E-state index >= 15 is 0 Å². The Morgan fingerprint density at radius 3 is 2.53 bits per heavy atom. The van der Waals surface area contributed by atoms with E-state index < -0.39 is 0 Å². The molecule has 2 rings (SSSR count). The fourth-order valence-electron chi connectivity index (χ4n) is 2.94. The van der Waals surface area contributed by atoms with Crippen LogP contribution in [0.15, 0.2) is 24.3 Å². The first-order valence-corrected chi connectivity index (χ1v) is 7.34. The van der Waals surface area contributed by atoms with Crippen LogP contribution in [0.25, 0.3) is 0 Å². The van der Waals surface area contributed by atoms with Crippen LogP contribution in [0.5, 0.6) is 0 Å². The van der Waals surface area contributed by atoms with Gasteiger partial charge in [0.15, 0.2) is 0 Å². The third-order valence-corrected chi connectivity index (χ3v) is 4.11. The van der Waals surface area contributed by atoms with Crippen molar-refractivity contribution in [2.45, 2.75) is 44.8 Å². The summed E-state index contributed by atoms with van der Waals surface area (Å²) in [7, 11) is 4.15. The van der Waals surface area contributed by atoms with Crippen molar-refractivity contribution >= 4 is 5.69 Å². The van der Waals surface area contributed by atoms with Crippen LogP contribution >= 0.6 is 0 Å². The Morgan fingerprint density at radius 1 is 1.26 bits per heavy atom. The normalized spacial score (nSPS) is 22.2. The van der Waals surface area contributed by atoms with Crippen LogP contribution in [0, 0.1) is 0 Å². The molecule has 19 heavy (non-hydrogen) atoms. The second-order valence-corrected chi connectivity index (χ2v) is 5.95. The highest BCUT2D eigenvalue weighted by atomic mass is 15.2.